The highest BCUT2D eigenvalue weighted by molar-refractivity contribution is 7.10. The van der Waals surface area contributed by atoms with Gasteiger partial charge in [-0.15, -0.1) is 11.3 Å². The summed E-state index contributed by atoms with van der Waals surface area (Å²) in [7, 11) is 0. The summed E-state index contributed by atoms with van der Waals surface area (Å²) in [6, 6.07) is 1.86. The molecule has 2 N–H and O–H groups in total. The summed E-state index contributed by atoms with van der Waals surface area (Å²) < 4.78 is 5.14. The maximum absolute atomic E-state index is 12.4. The maximum atomic E-state index is 12.4. The molecule has 2 heterocycles. The number of amides is 3. The number of carbonyl (C=O) groups is 3. The lowest BCUT2D eigenvalue weighted by molar-refractivity contribution is -0.152. The fraction of sp³-hybridized carbons (Fsp3) is 0.696. The van der Waals surface area contributed by atoms with Crippen molar-refractivity contribution in [3.05, 3.63) is 21.9 Å². The van der Waals surface area contributed by atoms with Gasteiger partial charge in [0.15, 0.2) is 6.61 Å². The number of nitrogens with zero attached hydrogens (tertiary/aromatic N) is 1. The molecule has 8 heteroatoms. The van der Waals surface area contributed by atoms with Crippen molar-refractivity contribution in [3.63, 3.8) is 0 Å². The first-order valence-electron chi connectivity index (χ1n) is 11.5. The minimum Gasteiger partial charge on any atom is -0.456 e. The van der Waals surface area contributed by atoms with Crippen LogP contribution >= 0.6 is 11.3 Å². The van der Waals surface area contributed by atoms with E-state index in [1.165, 1.54) is 29.7 Å². The van der Waals surface area contributed by atoms with E-state index in [0.29, 0.717) is 13.1 Å². The first-order valence-corrected chi connectivity index (χ1v) is 12.4. The van der Waals surface area contributed by atoms with Gasteiger partial charge in [0, 0.05) is 30.1 Å². The molecule has 1 aromatic heterocycles. The smallest absolute Gasteiger partial charge is 0.315 e. The van der Waals surface area contributed by atoms with E-state index in [4.69, 9.17) is 4.74 Å². The van der Waals surface area contributed by atoms with Gasteiger partial charge < -0.3 is 20.3 Å². The second-order valence-electron chi connectivity index (χ2n) is 9.92. The second kappa shape index (κ2) is 8.45. The lowest BCUT2D eigenvalue weighted by Gasteiger charge is -2.56. The monoisotopic (exact) mass is 445 g/mol. The van der Waals surface area contributed by atoms with E-state index in [-0.39, 0.29) is 37.0 Å². The largest absolute Gasteiger partial charge is 0.456 e. The number of hydrogen-bond acceptors (Lipinski definition) is 5. The zero-order valence-corrected chi connectivity index (χ0v) is 18.7. The van der Waals surface area contributed by atoms with Crippen LogP contribution in [0.15, 0.2) is 11.4 Å². The van der Waals surface area contributed by atoms with Gasteiger partial charge in [0.05, 0.1) is 6.42 Å². The van der Waals surface area contributed by atoms with Crippen LogP contribution in [0.1, 0.15) is 55.4 Å². The van der Waals surface area contributed by atoms with Gasteiger partial charge in [-0.25, -0.2) is 4.79 Å². The highest BCUT2D eigenvalue weighted by atomic mass is 32.1. The number of esters is 1. The molecular formula is C23H31N3O4S. The number of hydrogen-bond donors (Lipinski definition) is 2. The summed E-state index contributed by atoms with van der Waals surface area (Å²) >= 11 is 1.72. The molecule has 0 saturated heterocycles. The first-order chi connectivity index (χ1) is 15.0. The standard InChI is InChI=1S/C23H31N3O4S/c27-20(26-5-2-19-18(13-26)3-6-31-19)14-30-21(28)1-4-24-22(29)25-23-10-15-7-16(11-23)9-17(8-15)12-23/h3,6,15-17H,1-2,4-5,7-14H2,(H2,24,25,29). The van der Waals surface area contributed by atoms with Gasteiger partial charge in [-0.1, -0.05) is 0 Å². The molecule has 1 aliphatic heterocycles. The summed E-state index contributed by atoms with van der Waals surface area (Å²) in [5.74, 6) is 1.68. The Balaban J connectivity index is 0.999. The van der Waals surface area contributed by atoms with Crippen LogP contribution in [-0.2, 0) is 27.3 Å². The van der Waals surface area contributed by atoms with Gasteiger partial charge in [-0.2, -0.15) is 0 Å². The van der Waals surface area contributed by atoms with E-state index in [2.05, 4.69) is 10.6 Å². The Kier molecular flexibility index (Phi) is 5.67. The molecule has 6 rings (SSSR count). The van der Waals surface area contributed by atoms with Gasteiger partial charge in [0.2, 0.25) is 0 Å². The third-order valence-corrected chi connectivity index (χ3v) is 8.57. The van der Waals surface area contributed by atoms with Crippen molar-refractivity contribution in [1.82, 2.24) is 15.5 Å². The first kappa shape index (κ1) is 20.8. The molecule has 4 saturated carbocycles. The second-order valence-corrected chi connectivity index (χ2v) is 10.9. The Morgan fingerprint density at radius 1 is 1.13 bits per heavy atom. The van der Waals surface area contributed by atoms with Crippen LogP contribution < -0.4 is 10.6 Å². The number of ether oxygens (including phenoxy) is 1. The predicted molar refractivity (Wildman–Crippen MR) is 116 cm³/mol. The fourth-order valence-electron chi connectivity index (χ4n) is 6.59. The van der Waals surface area contributed by atoms with Crippen LogP contribution in [0.5, 0.6) is 0 Å². The summed E-state index contributed by atoms with van der Waals surface area (Å²) in [6.07, 6.45) is 8.21. The number of rotatable bonds is 6. The Hall–Kier alpha value is -2.09. The lowest BCUT2D eigenvalue weighted by Crippen LogP contribution is -2.61. The SMILES string of the molecule is O=C(NCCC(=O)OCC(=O)N1CCc2sccc2C1)NC12CC3CC(CC(C3)C1)C2. The molecule has 4 fully saturated rings. The molecule has 1 aromatic rings. The number of nitrogens with one attached hydrogen (secondary N) is 2. The van der Waals surface area contributed by atoms with E-state index in [1.807, 2.05) is 11.4 Å². The molecule has 5 aliphatic rings. The third kappa shape index (κ3) is 4.59. The van der Waals surface area contributed by atoms with E-state index >= 15 is 0 Å². The van der Waals surface area contributed by atoms with Crippen LogP contribution in [0.3, 0.4) is 0 Å². The molecule has 0 unspecified atom stereocenters. The zero-order chi connectivity index (χ0) is 21.4. The van der Waals surface area contributed by atoms with Crippen LogP contribution in [0, 0.1) is 17.8 Å². The van der Waals surface area contributed by atoms with E-state index < -0.39 is 5.97 Å². The predicted octanol–water partition coefficient (Wildman–Crippen LogP) is 2.83. The topological polar surface area (TPSA) is 87.7 Å². The summed E-state index contributed by atoms with van der Waals surface area (Å²) in [4.78, 5) is 39.9. The number of carbonyl (C=O) groups excluding carboxylic acids is 3. The van der Waals surface area contributed by atoms with Crippen LogP contribution in [0.25, 0.3) is 0 Å². The molecule has 0 aromatic carbocycles. The molecule has 0 atom stereocenters. The van der Waals surface area contributed by atoms with Gasteiger partial charge in [0.25, 0.3) is 5.91 Å². The van der Waals surface area contributed by atoms with Crippen molar-refractivity contribution >= 4 is 29.2 Å². The number of thiophene rings is 1. The molecule has 7 nitrogen and oxygen atoms in total. The molecule has 4 bridgehead atoms. The molecule has 3 amide bonds. The van der Waals surface area contributed by atoms with Crippen LogP contribution in [0.2, 0.25) is 0 Å². The van der Waals surface area contributed by atoms with E-state index in [0.717, 1.165) is 43.4 Å². The maximum Gasteiger partial charge on any atom is 0.315 e. The Labute approximate surface area is 186 Å². The van der Waals surface area contributed by atoms with Gasteiger partial charge in [-0.05, 0) is 79.7 Å². The number of urea groups is 1. The quantitative estimate of drug-likeness (QED) is 0.659. The van der Waals surface area contributed by atoms with E-state index in [1.54, 1.807) is 16.2 Å². The normalized spacial score (nSPS) is 30.6. The van der Waals surface area contributed by atoms with Gasteiger partial charge in [0.1, 0.15) is 0 Å². The van der Waals surface area contributed by atoms with Crippen molar-refractivity contribution < 1.29 is 19.1 Å². The molecule has 0 spiro atoms. The minimum atomic E-state index is -0.461. The van der Waals surface area contributed by atoms with Crippen LogP contribution in [0.4, 0.5) is 4.79 Å². The molecule has 168 valence electrons. The average molecular weight is 446 g/mol. The Morgan fingerprint density at radius 3 is 2.55 bits per heavy atom. The fourth-order valence-corrected chi connectivity index (χ4v) is 7.48. The number of fused-ring (bicyclic) bond motifs is 1. The highest BCUT2D eigenvalue weighted by Gasteiger charge is 2.51. The van der Waals surface area contributed by atoms with Crippen LogP contribution in [-0.4, -0.2) is 48.0 Å². The average Bonchev–Trinajstić information content (AvgIpc) is 3.18. The Bertz CT molecular complexity index is 831. The molecular weight excluding hydrogens is 414 g/mol. The third-order valence-electron chi connectivity index (χ3n) is 7.55. The lowest BCUT2D eigenvalue weighted by atomic mass is 9.53. The van der Waals surface area contributed by atoms with Crippen molar-refractivity contribution in [1.29, 1.82) is 0 Å². The molecule has 4 aliphatic carbocycles. The summed E-state index contributed by atoms with van der Waals surface area (Å²) in [6.45, 7) is 1.22. The van der Waals surface area contributed by atoms with Gasteiger partial charge >= 0.3 is 12.0 Å². The molecule has 0 radical (unpaired) electrons. The minimum absolute atomic E-state index is 0.0392. The highest BCUT2D eigenvalue weighted by Crippen LogP contribution is 2.55. The van der Waals surface area contributed by atoms with Gasteiger partial charge in [-0.3, -0.25) is 9.59 Å². The summed E-state index contributed by atoms with van der Waals surface area (Å²) in [5, 5.41) is 8.08. The molecule has 31 heavy (non-hydrogen) atoms. The Morgan fingerprint density at radius 2 is 1.84 bits per heavy atom. The van der Waals surface area contributed by atoms with E-state index in [9.17, 15) is 14.4 Å². The zero-order valence-electron chi connectivity index (χ0n) is 17.9. The van der Waals surface area contributed by atoms with Crippen molar-refractivity contribution in [2.45, 2.75) is 63.5 Å². The van der Waals surface area contributed by atoms with Crippen molar-refractivity contribution in [3.8, 4) is 0 Å². The summed E-state index contributed by atoms with van der Waals surface area (Å²) in [5.41, 5.74) is 1.15. The van der Waals surface area contributed by atoms with Crippen molar-refractivity contribution in [2.24, 2.45) is 17.8 Å². The van der Waals surface area contributed by atoms with Crippen molar-refractivity contribution in [2.75, 3.05) is 19.7 Å².